The minimum absolute atomic E-state index is 0.138. The molecule has 27 heavy (non-hydrogen) atoms. The van der Waals surface area contributed by atoms with Gasteiger partial charge >= 0.3 is 0 Å². The Balaban J connectivity index is 1.44. The summed E-state index contributed by atoms with van der Waals surface area (Å²) in [5.74, 6) is 0.869. The normalized spacial score (nSPS) is 18.5. The monoisotopic (exact) mass is 479 g/mol. The van der Waals surface area contributed by atoms with Crippen LogP contribution in [0.25, 0.3) is 5.69 Å². The van der Waals surface area contributed by atoms with Crippen LogP contribution in [-0.4, -0.2) is 37.4 Å². The van der Waals surface area contributed by atoms with E-state index in [1.165, 1.54) is 3.57 Å². The fraction of sp³-hybridized carbons (Fsp3) is 0.421. The lowest BCUT2D eigenvalue weighted by atomic mass is 10.2. The molecular weight excluding hydrogens is 457 g/mol. The van der Waals surface area contributed by atoms with Crippen LogP contribution in [0.5, 0.6) is 0 Å². The van der Waals surface area contributed by atoms with Crippen LogP contribution in [0.15, 0.2) is 42.9 Å². The highest BCUT2D eigenvalue weighted by molar-refractivity contribution is 14.1. The molecule has 4 rings (SSSR count). The lowest BCUT2D eigenvalue weighted by Gasteiger charge is -2.26. The Hall–Kier alpha value is -1.78. The van der Waals surface area contributed by atoms with Crippen molar-refractivity contribution >= 4 is 22.6 Å². The summed E-state index contributed by atoms with van der Waals surface area (Å²) in [5.41, 5.74) is 1.86. The minimum atomic E-state index is -0.144. The number of imidazole rings is 1. The second kappa shape index (κ2) is 8.49. The number of benzene rings is 1. The van der Waals surface area contributed by atoms with Crippen molar-refractivity contribution < 1.29 is 9.47 Å². The Morgan fingerprint density at radius 2 is 2.15 bits per heavy atom. The molecule has 2 atom stereocenters. The molecule has 2 aromatic heterocycles. The van der Waals surface area contributed by atoms with E-state index >= 15 is 0 Å². The molecule has 1 aliphatic rings. The molecule has 0 aliphatic carbocycles. The number of halogens is 1. The minimum Gasteiger partial charge on any atom is -0.353 e. The van der Waals surface area contributed by atoms with Crippen LogP contribution in [0.4, 0.5) is 0 Å². The van der Waals surface area contributed by atoms with Crippen LogP contribution in [0.1, 0.15) is 43.8 Å². The zero-order valence-electron chi connectivity index (χ0n) is 15.2. The van der Waals surface area contributed by atoms with Gasteiger partial charge in [0.2, 0.25) is 0 Å². The van der Waals surface area contributed by atoms with E-state index in [0.717, 1.165) is 43.1 Å². The number of nitrogens with zero attached hydrogens (tertiary/aromatic N) is 5. The molecule has 1 aliphatic heterocycles. The van der Waals surface area contributed by atoms with Crippen molar-refractivity contribution in [3.05, 3.63) is 57.9 Å². The maximum atomic E-state index is 6.05. The Labute approximate surface area is 171 Å². The highest BCUT2D eigenvalue weighted by atomic mass is 127. The van der Waals surface area contributed by atoms with Gasteiger partial charge in [-0.15, -0.1) is 5.10 Å². The molecule has 1 saturated heterocycles. The van der Waals surface area contributed by atoms with Crippen LogP contribution in [-0.2, 0) is 16.0 Å². The number of rotatable bonds is 6. The van der Waals surface area contributed by atoms with Gasteiger partial charge in [0.05, 0.1) is 18.4 Å². The van der Waals surface area contributed by atoms with Gasteiger partial charge in [0, 0.05) is 22.6 Å². The summed E-state index contributed by atoms with van der Waals surface area (Å²) in [4.78, 5) is 4.48. The van der Waals surface area contributed by atoms with Gasteiger partial charge in [0.15, 0.2) is 6.29 Å². The summed E-state index contributed by atoms with van der Waals surface area (Å²) in [6.07, 6.45) is 8.60. The van der Waals surface area contributed by atoms with Crippen molar-refractivity contribution in [3.8, 4) is 5.69 Å². The highest BCUT2D eigenvalue weighted by Gasteiger charge is 2.21. The summed E-state index contributed by atoms with van der Waals surface area (Å²) >= 11 is 2.29. The van der Waals surface area contributed by atoms with Crippen molar-refractivity contribution in [2.45, 2.75) is 45.1 Å². The van der Waals surface area contributed by atoms with Gasteiger partial charge < -0.3 is 14.0 Å². The SMILES string of the molecule is C[C@H](OC1CCCCO1)c1nccn1Cc1cn(-c2ccc(I)cc2)nn1. The Morgan fingerprint density at radius 3 is 2.93 bits per heavy atom. The van der Waals surface area contributed by atoms with E-state index in [2.05, 4.69) is 54.6 Å². The second-order valence-electron chi connectivity index (χ2n) is 6.62. The van der Waals surface area contributed by atoms with Crippen LogP contribution < -0.4 is 0 Å². The molecule has 0 saturated carbocycles. The first-order valence-electron chi connectivity index (χ1n) is 9.14. The number of aromatic nitrogens is 5. The van der Waals surface area contributed by atoms with Crippen LogP contribution in [0.3, 0.4) is 0 Å². The third-order valence-electron chi connectivity index (χ3n) is 4.57. The lowest BCUT2D eigenvalue weighted by molar-refractivity contribution is -0.188. The number of hydrogen-bond acceptors (Lipinski definition) is 5. The molecule has 3 aromatic rings. The summed E-state index contributed by atoms with van der Waals surface area (Å²) in [6, 6.07) is 8.17. The Kier molecular flexibility index (Phi) is 5.84. The maximum absolute atomic E-state index is 6.05. The zero-order chi connectivity index (χ0) is 18.6. The molecule has 1 aromatic carbocycles. The largest absolute Gasteiger partial charge is 0.353 e. The van der Waals surface area contributed by atoms with E-state index in [-0.39, 0.29) is 12.4 Å². The zero-order valence-corrected chi connectivity index (χ0v) is 17.3. The van der Waals surface area contributed by atoms with Crippen LogP contribution in [0, 0.1) is 3.57 Å². The molecule has 7 nitrogen and oxygen atoms in total. The maximum Gasteiger partial charge on any atom is 0.158 e. The third kappa shape index (κ3) is 4.56. The van der Waals surface area contributed by atoms with Crippen molar-refractivity contribution in [2.24, 2.45) is 0 Å². The van der Waals surface area contributed by atoms with Crippen molar-refractivity contribution in [1.82, 2.24) is 24.5 Å². The summed E-state index contributed by atoms with van der Waals surface area (Å²) < 4.78 is 16.8. The van der Waals surface area contributed by atoms with E-state index < -0.39 is 0 Å². The first kappa shape index (κ1) is 18.6. The molecule has 142 valence electrons. The highest BCUT2D eigenvalue weighted by Crippen LogP contribution is 2.23. The van der Waals surface area contributed by atoms with Gasteiger partial charge in [-0.2, -0.15) is 0 Å². The van der Waals surface area contributed by atoms with Crippen molar-refractivity contribution in [3.63, 3.8) is 0 Å². The van der Waals surface area contributed by atoms with E-state index in [1.54, 1.807) is 10.9 Å². The van der Waals surface area contributed by atoms with Crippen molar-refractivity contribution in [2.75, 3.05) is 6.61 Å². The topological polar surface area (TPSA) is 67.0 Å². The average molecular weight is 479 g/mol. The smallest absolute Gasteiger partial charge is 0.158 e. The standard InChI is InChI=1S/C19H22IN5O2/c1-14(27-18-4-2-3-11-26-18)19-21-9-10-24(19)12-16-13-25(23-22-16)17-7-5-15(20)6-8-17/h5-10,13-14,18H,2-4,11-12H2,1H3/t14-,18?/m0/s1. The van der Waals surface area contributed by atoms with Gasteiger partial charge in [-0.05, 0) is 73.0 Å². The molecule has 0 N–H and O–H groups in total. The molecule has 0 bridgehead atoms. The second-order valence-corrected chi connectivity index (χ2v) is 7.86. The number of ether oxygens (including phenoxy) is 2. The molecule has 1 fully saturated rings. The third-order valence-corrected chi connectivity index (χ3v) is 5.29. The average Bonchev–Trinajstić information content (AvgIpc) is 3.33. The van der Waals surface area contributed by atoms with E-state index in [1.807, 2.05) is 31.5 Å². The van der Waals surface area contributed by atoms with Gasteiger partial charge in [-0.1, -0.05) is 5.21 Å². The Morgan fingerprint density at radius 1 is 1.30 bits per heavy atom. The van der Waals surface area contributed by atoms with Gasteiger partial charge in [-0.3, -0.25) is 0 Å². The van der Waals surface area contributed by atoms with E-state index in [4.69, 9.17) is 9.47 Å². The Bertz CT molecular complexity index is 870. The first-order chi connectivity index (χ1) is 13.2. The summed E-state index contributed by atoms with van der Waals surface area (Å²) in [7, 11) is 0. The van der Waals surface area contributed by atoms with Gasteiger partial charge in [0.25, 0.3) is 0 Å². The van der Waals surface area contributed by atoms with Gasteiger partial charge in [0.1, 0.15) is 17.6 Å². The molecule has 8 heteroatoms. The molecule has 0 spiro atoms. The van der Waals surface area contributed by atoms with E-state index in [9.17, 15) is 0 Å². The fourth-order valence-electron chi connectivity index (χ4n) is 3.19. The quantitative estimate of drug-likeness (QED) is 0.505. The van der Waals surface area contributed by atoms with Gasteiger partial charge in [-0.25, -0.2) is 9.67 Å². The van der Waals surface area contributed by atoms with E-state index in [0.29, 0.717) is 6.54 Å². The molecule has 3 heterocycles. The lowest BCUT2D eigenvalue weighted by Crippen LogP contribution is -2.24. The molecule has 0 amide bonds. The predicted molar refractivity (Wildman–Crippen MR) is 108 cm³/mol. The van der Waals surface area contributed by atoms with Crippen molar-refractivity contribution in [1.29, 1.82) is 0 Å². The summed E-state index contributed by atoms with van der Waals surface area (Å²) in [6.45, 7) is 3.38. The first-order valence-corrected chi connectivity index (χ1v) is 10.2. The predicted octanol–water partition coefficient (Wildman–Crippen LogP) is 3.72. The molecule has 0 radical (unpaired) electrons. The number of hydrogen-bond donors (Lipinski definition) is 0. The molecule has 1 unspecified atom stereocenters. The van der Waals surface area contributed by atoms with Crippen LogP contribution in [0.2, 0.25) is 0 Å². The molecular formula is C19H22IN5O2. The fourth-order valence-corrected chi connectivity index (χ4v) is 3.54. The summed E-state index contributed by atoms with van der Waals surface area (Å²) in [5, 5.41) is 8.55. The van der Waals surface area contributed by atoms with Crippen LogP contribution >= 0.6 is 22.6 Å².